The summed E-state index contributed by atoms with van der Waals surface area (Å²) in [4.78, 5) is 37.2. The lowest BCUT2D eigenvalue weighted by atomic mass is 10.0. The molecule has 0 spiro atoms. The Hall–Kier alpha value is -2.21. The van der Waals surface area contributed by atoms with E-state index >= 15 is 0 Å². The SMILES string of the molecule is COCc1cccc2c1CN(C1CCC(=O)NC1=O)C2=O. The van der Waals surface area contributed by atoms with Crippen LogP contribution in [0.3, 0.4) is 0 Å². The molecule has 1 aromatic rings. The van der Waals surface area contributed by atoms with Gasteiger partial charge in [0.05, 0.1) is 6.61 Å². The second kappa shape index (κ2) is 5.29. The lowest BCUT2D eigenvalue weighted by Gasteiger charge is -2.29. The number of methoxy groups -OCH3 is 1. The van der Waals surface area contributed by atoms with Crippen molar-refractivity contribution in [1.29, 1.82) is 0 Å². The Morgan fingerprint density at radius 3 is 2.86 bits per heavy atom. The van der Waals surface area contributed by atoms with Gasteiger partial charge in [-0.1, -0.05) is 12.1 Å². The average Bonchev–Trinajstić information content (AvgIpc) is 2.78. The van der Waals surface area contributed by atoms with Crippen molar-refractivity contribution in [2.24, 2.45) is 0 Å². The van der Waals surface area contributed by atoms with Crippen LogP contribution in [0.4, 0.5) is 0 Å². The number of nitrogens with one attached hydrogen (secondary N) is 1. The number of hydrogen-bond donors (Lipinski definition) is 1. The molecular weight excluding hydrogens is 272 g/mol. The van der Waals surface area contributed by atoms with E-state index in [-0.39, 0.29) is 24.1 Å². The highest BCUT2D eigenvalue weighted by Crippen LogP contribution is 2.29. The van der Waals surface area contributed by atoms with Gasteiger partial charge in [-0.2, -0.15) is 0 Å². The number of carbonyl (C=O) groups excluding carboxylic acids is 3. The van der Waals surface area contributed by atoms with Crippen LogP contribution >= 0.6 is 0 Å². The zero-order valence-corrected chi connectivity index (χ0v) is 11.7. The van der Waals surface area contributed by atoms with Crippen molar-refractivity contribution in [3.05, 3.63) is 34.9 Å². The number of hydrogen-bond acceptors (Lipinski definition) is 4. The van der Waals surface area contributed by atoms with Crippen molar-refractivity contribution in [3.63, 3.8) is 0 Å². The van der Waals surface area contributed by atoms with Gasteiger partial charge >= 0.3 is 0 Å². The van der Waals surface area contributed by atoms with Crippen LogP contribution in [0.25, 0.3) is 0 Å². The summed E-state index contributed by atoms with van der Waals surface area (Å²) in [6, 6.07) is 4.93. The molecule has 21 heavy (non-hydrogen) atoms. The van der Waals surface area contributed by atoms with Crippen LogP contribution in [0.1, 0.15) is 34.3 Å². The van der Waals surface area contributed by atoms with E-state index in [1.54, 1.807) is 18.1 Å². The lowest BCUT2D eigenvalue weighted by Crippen LogP contribution is -2.52. The minimum Gasteiger partial charge on any atom is -0.380 e. The number of piperidine rings is 1. The van der Waals surface area contributed by atoms with Crippen LogP contribution in [-0.4, -0.2) is 35.8 Å². The van der Waals surface area contributed by atoms with E-state index in [1.807, 2.05) is 12.1 Å². The number of amides is 3. The Bertz CT molecular complexity index is 626. The largest absolute Gasteiger partial charge is 0.380 e. The molecule has 1 N–H and O–H groups in total. The summed E-state index contributed by atoms with van der Waals surface area (Å²) in [6.45, 7) is 0.819. The second-order valence-electron chi connectivity index (χ2n) is 5.28. The maximum atomic E-state index is 12.5. The minimum absolute atomic E-state index is 0.155. The summed E-state index contributed by atoms with van der Waals surface area (Å²) in [5.74, 6) is -0.821. The predicted octanol–water partition coefficient (Wildman–Crippen LogP) is 0.594. The third kappa shape index (κ3) is 2.31. The van der Waals surface area contributed by atoms with Crippen molar-refractivity contribution >= 4 is 17.7 Å². The molecule has 1 fully saturated rings. The van der Waals surface area contributed by atoms with Crippen LogP contribution in [0.2, 0.25) is 0 Å². The molecule has 2 heterocycles. The highest BCUT2D eigenvalue weighted by atomic mass is 16.5. The van der Waals surface area contributed by atoms with Gasteiger partial charge in [-0.3, -0.25) is 19.7 Å². The molecule has 0 aliphatic carbocycles. The van der Waals surface area contributed by atoms with E-state index in [4.69, 9.17) is 4.74 Å². The fraction of sp³-hybridized carbons (Fsp3) is 0.400. The van der Waals surface area contributed by atoms with Crippen LogP contribution in [0.5, 0.6) is 0 Å². The highest BCUT2D eigenvalue weighted by molar-refractivity contribution is 6.05. The molecule has 2 aliphatic rings. The van der Waals surface area contributed by atoms with Crippen molar-refractivity contribution in [1.82, 2.24) is 10.2 Å². The molecule has 0 aromatic heterocycles. The third-order valence-electron chi connectivity index (χ3n) is 3.98. The van der Waals surface area contributed by atoms with E-state index < -0.39 is 6.04 Å². The molecule has 1 saturated heterocycles. The highest BCUT2D eigenvalue weighted by Gasteiger charge is 2.39. The van der Waals surface area contributed by atoms with Gasteiger partial charge in [-0.15, -0.1) is 0 Å². The number of ether oxygens (including phenoxy) is 1. The van der Waals surface area contributed by atoms with Gasteiger partial charge in [0.1, 0.15) is 6.04 Å². The molecule has 110 valence electrons. The Morgan fingerprint density at radius 1 is 1.33 bits per heavy atom. The summed E-state index contributed by atoms with van der Waals surface area (Å²) in [7, 11) is 1.61. The molecule has 6 heteroatoms. The first-order valence-corrected chi connectivity index (χ1v) is 6.86. The van der Waals surface area contributed by atoms with Gasteiger partial charge in [0.15, 0.2) is 0 Å². The Morgan fingerprint density at radius 2 is 2.14 bits per heavy atom. The summed E-state index contributed by atoms with van der Waals surface area (Å²) >= 11 is 0. The Labute approximate surface area is 122 Å². The van der Waals surface area contributed by atoms with Crippen LogP contribution in [-0.2, 0) is 27.5 Å². The van der Waals surface area contributed by atoms with Crippen molar-refractivity contribution < 1.29 is 19.1 Å². The topological polar surface area (TPSA) is 75.7 Å². The minimum atomic E-state index is -0.571. The molecule has 0 bridgehead atoms. The van der Waals surface area contributed by atoms with E-state index in [0.29, 0.717) is 25.1 Å². The maximum Gasteiger partial charge on any atom is 0.255 e. The fourth-order valence-electron chi connectivity index (χ4n) is 2.94. The molecule has 6 nitrogen and oxygen atoms in total. The van der Waals surface area contributed by atoms with Crippen LogP contribution in [0, 0.1) is 0 Å². The molecule has 0 radical (unpaired) electrons. The summed E-state index contributed by atoms with van der Waals surface area (Å²) < 4.78 is 5.15. The van der Waals surface area contributed by atoms with Gasteiger partial charge in [0.25, 0.3) is 5.91 Å². The molecule has 1 atom stereocenters. The molecule has 3 amide bonds. The predicted molar refractivity (Wildman–Crippen MR) is 73.2 cm³/mol. The number of fused-ring (bicyclic) bond motifs is 1. The molecule has 2 aliphatic heterocycles. The smallest absolute Gasteiger partial charge is 0.255 e. The second-order valence-corrected chi connectivity index (χ2v) is 5.28. The van der Waals surface area contributed by atoms with Gasteiger partial charge in [-0.25, -0.2) is 0 Å². The van der Waals surface area contributed by atoms with Crippen molar-refractivity contribution in [3.8, 4) is 0 Å². The van der Waals surface area contributed by atoms with Crippen LogP contribution < -0.4 is 5.32 Å². The van der Waals surface area contributed by atoms with Gasteiger partial charge in [0.2, 0.25) is 11.8 Å². The van der Waals surface area contributed by atoms with Gasteiger partial charge in [0, 0.05) is 25.6 Å². The zero-order chi connectivity index (χ0) is 15.0. The van der Waals surface area contributed by atoms with Gasteiger partial charge < -0.3 is 9.64 Å². The number of carbonyl (C=O) groups is 3. The summed E-state index contributed by atoms with van der Waals surface area (Å²) in [5, 5.41) is 2.30. The summed E-state index contributed by atoms with van der Waals surface area (Å²) in [5.41, 5.74) is 2.49. The first kappa shape index (κ1) is 13.8. The number of rotatable bonds is 3. The average molecular weight is 288 g/mol. The zero-order valence-electron chi connectivity index (χ0n) is 11.7. The third-order valence-corrected chi connectivity index (χ3v) is 3.98. The first-order chi connectivity index (χ1) is 10.1. The molecule has 1 aromatic carbocycles. The van der Waals surface area contributed by atoms with E-state index in [0.717, 1.165) is 11.1 Å². The molecule has 1 unspecified atom stereocenters. The Balaban J connectivity index is 1.88. The Kier molecular flexibility index (Phi) is 3.47. The maximum absolute atomic E-state index is 12.5. The fourth-order valence-corrected chi connectivity index (χ4v) is 2.94. The number of benzene rings is 1. The van der Waals surface area contributed by atoms with E-state index in [1.165, 1.54) is 0 Å². The van der Waals surface area contributed by atoms with Crippen molar-refractivity contribution in [2.45, 2.75) is 32.0 Å². The van der Waals surface area contributed by atoms with Crippen LogP contribution in [0.15, 0.2) is 18.2 Å². The normalized spacial score (nSPS) is 21.5. The van der Waals surface area contributed by atoms with E-state index in [2.05, 4.69) is 5.32 Å². The number of imide groups is 1. The summed E-state index contributed by atoms with van der Waals surface area (Å²) in [6.07, 6.45) is 0.644. The van der Waals surface area contributed by atoms with Gasteiger partial charge in [-0.05, 0) is 23.6 Å². The molecular formula is C15H16N2O4. The number of nitrogens with zero attached hydrogens (tertiary/aromatic N) is 1. The monoisotopic (exact) mass is 288 g/mol. The first-order valence-electron chi connectivity index (χ1n) is 6.86. The van der Waals surface area contributed by atoms with Crippen molar-refractivity contribution in [2.75, 3.05) is 7.11 Å². The lowest BCUT2D eigenvalue weighted by molar-refractivity contribution is -0.136. The standard InChI is InChI=1S/C15H16N2O4/c1-21-8-9-3-2-4-10-11(9)7-17(15(10)20)12-5-6-13(18)16-14(12)19/h2-4,12H,5-8H2,1H3,(H,16,18,19). The van der Waals surface area contributed by atoms with E-state index in [9.17, 15) is 14.4 Å². The molecule has 3 rings (SSSR count). The molecule has 0 saturated carbocycles. The quantitative estimate of drug-likeness (QED) is 0.826.